The van der Waals surface area contributed by atoms with E-state index in [9.17, 15) is 15.4 Å². The van der Waals surface area contributed by atoms with Crippen LogP contribution < -0.4 is 0 Å². The molecule has 3 aliphatic carbocycles. The SMILES string of the molecule is CC1(C)/C(=N/O)CC[C@@]2(C)C1CC[C@@]1(C)c3c(O)cc(O)cc3C[C@@H]12. The van der Waals surface area contributed by atoms with Gasteiger partial charge in [0.25, 0.3) is 0 Å². The molecule has 0 heterocycles. The number of hydrogen-bond acceptors (Lipinski definition) is 4. The summed E-state index contributed by atoms with van der Waals surface area (Å²) >= 11 is 0. The number of oxime groups is 1. The molecule has 4 heteroatoms. The molecule has 0 aliphatic heterocycles. The van der Waals surface area contributed by atoms with Crippen LogP contribution in [0.4, 0.5) is 0 Å². The van der Waals surface area contributed by atoms with Gasteiger partial charge >= 0.3 is 0 Å². The molecule has 136 valence electrons. The van der Waals surface area contributed by atoms with E-state index >= 15 is 0 Å². The summed E-state index contributed by atoms with van der Waals surface area (Å²) in [5.41, 5.74) is 3.05. The van der Waals surface area contributed by atoms with Gasteiger partial charge in [-0.2, -0.15) is 0 Å². The van der Waals surface area contributed by atoms with E-state index in [0.717, 1.165) is 48.9 Å². The molecule has 0 spiro atoms. The Bertz CT molecular complexity index is 769. The Labute approximate surface area is 149 Å². The summed E-state index contributed by atoms with van der Waals surface area (Å²) in [7, 11) is 0. The van der Waals surface area contributed by atoms with Gasteiger partial charge in [-0.25, -0.2) is 0 Å². The van der Waals surface area contributed by atoms with E-state index < -0.39 is 0 Å². The largest absolute Gasteiger partial charge is 0.508 e. The van der Waals surface area contributed by atoms with Gasteiger partial charge in [0.05, 0.1) is 5.71 Å². The number of phenolic OH excluding ortho intramolecular Hbond substituents is 2. The van der Waals surface area contributed by atoms with Crippen LogP contribution >= 0.6 is 0 Å². The first-order chi connectivity index (χ1) is 11.6. The number of phenols is 2. The lowest BCUT2D eigenvalue weighted by Crippen LogP contribution is -2.57. The van der Waals surface area contributed by atoms with Gasteiger partial charge in [0, 0.05) is 22.5 Å². The van der Waals surface area contributed by atoms with E-state index in [1.165, 1.54) is 6.07 Å². The zero-order valence-electron chi connectivity index (χ0n) is 15.6. The molecule has 25 heavy (non-hydrogen) atoms. The Hall–Kier alpha value is -1.71. The molecule has 4 rings (SSSR count). The topological polar surface area (TPSA) is 73.1 Å². The quantitative estimate of drug-likeness (QED) is 0.476. The molecule has 2 fully saturated rings. The van der Waals surface area contributed by atoms with Crippen LogP contribution in [0.2, 0.25) is 0 Å². The maximum Gasteiger partial charge on any atom is 0.123 e. The van der Waals surface area contributed by atoms with Crippen LogP contribution in [-0.4, -0.2) is 21.1 Å². The molecule has 0 radical (unpaired) electrons. The second-order valence-corrected chi connectivity index (χ2v) is 9.54. The highest BCUT2D eigenvalue weighted by molar-refractivity contribution is 5.90. The van der Waals surface area contributed by atoms with Crippen molar-refractivity contribution in [1.29, 1.82) is 0 Å². The van der Waals surface area contributed by atoms with Crippen molar-refractivity contribution in [3.63, 3.8) is 0 Å². The number of fused-ring (bicyclic) bond motifs is 5. The Morgan fingerprint density at radius 2 is 1.76 bits per heavy atom. The van der Waals surface area contributed by atoms with Gasteiger partial charge in [-0.15, -0.1) is 0 Å². The summed E-state index contributed by atoms with van der Waals surface area (Å²) in [4.78, 5) is 0. The molecule has 1 aromatic rings. The van der Waals surface area contributed by atoms with Crippen molar-refractivity contribution in [2.24, 2.45) is 27.8 Å². The molecular formula is C21H29NO3. The first-order valence-electron chi connectivity index (χ1n) is 9.41. The first kappa shape index (κ1) is 16.7. The highest BCUT2D eigenvalue weighted by Crippen LogP contribution is 2.68. The summed E-state index contributed by atoms with van der Waals surface area (Å²) in [6, 6.07) is 3.33. The molecule has 3 aliphatic rings. The van der Waals surface area contributed by atoms with E-state index in [0.29, 0.717) is 11.8 Å². The van der Waals surface area contributed by atoms with Crippen molar-refractivity contribution in [2.45, 2.75) is 65.2 Å². The molecule has 0 bridgehead atoms. The standard InChI is InChI=1S/C21H29NO3/c1-19(2)15-5-7-21(4)16(20(15,3)8-6-17(19)22-25)10-12-9-13(23)11-14(24)18(12)21/h9,11,15-16,23-25H,5-8,10H2,1-4H3/b22-17+/t15?,16-,20+,21-/m1/s1. The minimum Gasteiger partial charge on any atom is -0.508 e. The summed E-state index contributed by atoms with van der Waals surface area (Å²) in [6.45, 7) is 9.14. The van der Waals surface area contributed by atoms with Crippen LogP contribution in [0.3, 0.4) is 0 Å². The van der Waals surface area contributed by atoms with Crippen LogP contribution in [0.5, 0.6) is 11.5 Å². The number of nitrogens with zero attached hydrogens (tertiary/aromatic N) is 1. The molecule has 1 aromatic carbocycles. The number of benzene rings is 1. The maximum absolute atomic E-state index is 10.6. The monoisotopic (exact) mass is 343 g/mol. The molecule has 1 unspecified atom stereocenters. The summed E-state index contributed by atoms with van der Waals surface area (Å²) in [6.07, 6.45) is 4.83. The van der Waals surface area contributed by atoms with Crippen molar-refractivity contribution in [2.75, 3.05) is 0 Å². The Morgan fingerprint density at radius 1 is 1.04 bits per heavy atom. The van der Waals surface area contributed by atoms with Gasteiger partial charge in [0.2, 0.25) is 0 Å². The van der Waals surface area contributed by atoms with E-state index in [2.05, 4.69) is 32.9 Å². The average Bonchev–Trinajstić information content (AvgIpc) is 2.80. The number of hydrogen-bond donors (Lipinski definition) is 3. The normalized spacial score (nSPS) is 40.4. The molecule has 4 atom stereocenters. The fourth-order valence-electron chi connectivity index (χ4n) is 7.01. The van der Waals surface area contributed by atoms with Crippen LogP contribution in [0.1, 0.15) is 64.5 Å². The van der Waals surface area contributed by atoms with Crippen LogP contribution in [0.25, 0.3) is 0 Å². The summed E-state index contributed by atoms with van der Waals surface area (Å²) < 4.78 is 0. The summed E-state index contributed by atoms with van der Waals surface area (Å²) in [5.74, 6) is 1.29. The van der Waals surface area contributed by atoms with Gasteiger partial charge in [-0.1, -0.05) is 32.9 Å². The van der Waals surface area contributed by atoms with Gasteiger partial charge < -0.3 is 15.4 Å². The summed E-state index contributed by atoms with van der Waals surface area (Å²) in [5, 5.41) is 33.6. The fraction of sp³-hybridized carbons (Fsp3) is 0.667. The average molecular weight is 343 g/mol. The lowest BCUT2D eigenvalue weighted by molar-refractivity contribution is -0.0612. The predicted molar refractivity (Wildman–Crippen MR) is 97.4 cm³/mol. The Kier molecular flexibility index (Phi) is 3.30. The highest BCUT2D eigenvalue weighted by Gasteiger charge is 2.62. The molecule has 3 N–H and O–H groups in total. The van der Waals surface area contributed by atoms with Crippen LogP contribution in [0, 0.1) is 22.7 Å². The molecule has 0 saturated heterocycles. The van der Waals surface area contributed by atoms with Crippen molar-refractivity contribution in [1.82, 2.24) is 0 Å². The van der Waals surface area contributed by atoms with E-state index in [4.69, 9.17) is 0 Å². The van der Waals surface area contributed by atoms with Gasteiger partial charge in [0.1, 0.15) is 11.5 Å². The highest BCUT2D eigenvalue weighted by atomic mass is 16.4. The third-order valence-corrected chi connectivity index (χ3v) is 8.13. The van der Waals surface area contributed by atoms with Crippen molar-refractivity contribution < 1.29 is 15.4 Å². The number of rotatable bonds is 0. The molecule has 4 nitrogen and oxygen atoms in total. The van der Waals surface area contributed by atoms with Gasteiger partial charge in [-0.05, 0) is 61.0 Å². The predicted octanol–water partition coefficient (Wildman–Crippen LogP) is 4.59. The third-order valence-electron chi connectivity index (χ3n) is 8.13. The second kappa shape index (κ2) is 4.93. The van der Waals surface area contributed by atoms with E-state index in [1.54, 1.807) is 0 Å². The lowest BCUT2D eigenvalue weighted by Gasteiger charge is -2.61. The third kappa shape index (κ3) is 1.97. The smallest absolute Gasteiger partial charge is 0.123 e. The van der Waals surface area contributed by atoms with Crippen molar-refractivity contribution in [3.8, 4) is 11.5 Å². The molecule has 0 aromatic heterocycles. The van der Waals surface area contributed by atoms with Crippen LogP contribution in [0.15, 0.2) is 17.3 Å². The zero-order valence-corrected chi connectivity index (χ0v) is 15.6. The van der Waals surface area contributed by atoms with E-state index in [-0.39, 0.29) is 27.7 Å². The number of aromatic hydroxyl groups is 2. The molecule has 2 saturated carbocycles. The lowest BCUT2D eigenvalue weighted by atomic mass is 9.43. The Balaban J connectivity index is 1.83. The van der Waals surface area contributed by atoms with Gasteiger partial charge in [0.15, 0.2) is 0 Å². The first-order valence-corrected chi connectivity index (χ1v) is 9.41. The maximum atomic E-state index is 10.6. The van der Waals surface area contributed by atoms with E-state index in [1.807, 2.05) is 6.07 Å². The van der Waals surface area contributed by atoms with Gasteiger partial charge in [-0.3, -0.25) is 0 Å². The van der Waals surface area contributed by atoms with Crippen LogP contribution in [-0.2, 0) is 11.8 Å². The Morgan fingerprint density at radius 3 is 2.44 bits per heavy atom. The zero-order chi connectivity index (χ0) is 18.2. The second-order valence-electron chi connectivity index (χ2n) is 9.54. The van der Waals surface area contributed by atoms with Crippen molar-refractivity contribution >= 4 is 5.71 Å². The molecular weight excluding hydrogens is 314 g/mol. The minimum absolute atomic E-state index is 0.0533. The minimum atomic E-state index is -0.109. The fourth-order valence-corrected chi connectivity index (χ4v) is 7.01. The van der Waals surface area contributed by atoms with Crippen molar-refractivity contribution in [3.05, 3.63) is 23.3 Å². The molecule has 0 amide bonds.